The summed E-state index contributed by atoms with van der Waals surface area (Å²) in [6.07, 6.45) is 0. The van der Waals surface area contributed by atoms with Gasteiger partial charge >= 0.3 is 60.0 Å². The summed E-state index contributed by atoms with van der Waals surface area (Å²) < 4.78 is 0. The molecule has 15 heavy (non-hydrogen) atoms. The molecule has 0 aromatic rings. The van der Waals surface area contributed by atoms with Gasteiger partial charge in [-0.25, -0.2) is 0 Å². The topological polar surface area (TPSA) is 378 Å². The van der Waals surface area contributed by atoms with Crippen molar-refractivity contribution in [3.05, 3.63) is 0 Å². The first kappa shape index (κ1) is 581. The van der Waals surface area contributed by atoms with Gasteiger partial charge in [0.25, 0.3) is 0 Å². The maximum Gasteiger partial charge on any atom is 1.00 e. The van der Waals surface area contributed by atoms with Gasteiger partial charge in [0.15, 0.2) is 0 Å². The van der Waals surface area contributed by atoms with Crippen LogP contribution in [0.4, 0.5) is 0 Å². The van der Waals surface area contributed by atoms with E-state index in [-0.39, 0.29) is 95.3 Å². The standard InChI is InChI=1S/BrH.Ir.Na.12H2O/h1H;;;12*1H2/q;;+1;;;;;;;;;;;;/p-1. The van der Waals surface area contributed by atoms with E-state index in [4.69, 9.17) is 0 Å². The van der Waals surface area contributed by atoms with Crippen LogP contribution in [-0.4, -0.2) is 65.7 Å². The molecule has 0 spiro atoms. The molecule has 12 nitrogen and oxygen atoms in total. The van der Waals surface area contributed by atoms with Crippen LogP contribution < -0.4 is 29.6 Å². The van der Waals surface area contributed by atoms with E-state index in [0.717, 1.165) is 0 Å². The monoisotopic (exact) mass is 511 g/mol. The van der Waals surface area contributed by atoms with Gasteiger partial charge in [0.1, 0.15) is 0 Å². The molecule has 0 unspecified atom stereocenters. The van der Waals surface area contributed by atoms with E-state index >= 15 is 0 Å². The van der Waals surface area contributed by atoms with Crippen molar-refractivity contribution in [1.82, 2.24) is 0 Å². The van der Waals surface area contributed by atoms with E-state index in [2.05, 4.69) is 13.5 Å². The Balaban J connectivity index is -0.0000000000641. The number of halogens is 1. The molecule has 0 bridgehead atoms. The van der Waals surface area contributed by atoms with E-state index in [1.54, 1.807) is 0 Å². The van der Waals surface area contributed by atoms with Gasteiger partial charge in [-0.05, 0) is 0 Å². The van der Waals surface area contributed by atoms with Gasteiger partial charge < -0.3 is 65.7 Å². The summed E-state index contributed by atoms with van der Waals surface area (Å²) in [5, 5.41) is 0. The zero-order chi connectivity index (χ0) is 2.00. The van der Waals surface area contributed by atoms with Crippen molar-refractivity contribution in [2.45, 2.75) is 0 Å². The molecule has 0 fully saturated rings. The third-order valence-electron chi connectivity index (χ3n) is 0. The molecule has 0 aromatic heterocycles. The van der Waals surface area contributed by atoms with Gasteiger partial charge in [0.05, 0.1) is 0 Å². The van der Waals surface area contributed by atoms with E-state index in [9.17, 15) is 0 Å². The van der Waals surface area contributed by atoms with Crippen LogP contribution in [0.2, 0.25) is 0 Å². The van der Waals surface area contributed by atoms with Crippen LogP contribution in [-0.2, 0) is 16.9 Å². The van der Waals surface area contributed by atoms with E-state index in [1.807, 2.05) is 16.9 Å². The second kappa shape index (κ2) is 1230. The summed E-state index contributed by atoms with van der Waals surface area (Å²) >= 11 is 4.75. The van der Waals surface area contributed by atoms with Crippen molar-refractivity contribution in [2.75, 3.05) is 0 Å². The zero-order valence-electron chi connectivity index (χ0n) is 7.71. The largest absolute Gasteiger partial charge is 1.00 e. The van der Waals surface area contributed by atoms with Crippen molar-refractivity contribution in [2.24, 2.45) is 0 Å². The number of hydrogen-bond donors (Lipinski definition) is 0. The third kappa shape index (κ3) is 1070. The van der Waals surface area contributed by atoms with Crippen LogP contribution in [0.3, 0.4) is 0 Å². The Kier molecular flexibility index (Phi) is 47800. The fraction of sp³-hybridized carbons (Fsp3) is 0. The first-order valence-electron chi connectivity index (χ1n) is 0.126. The molecule has 0 aromatic carbocycles. The molecule has 0 atom stereocenters. The average Bonchev–Trinajstić information content (AvgIpc) is 1.00. The van der Waals surface area contributed by atoms with E-state index in [1.165, 1.54) is 0 Å². The van der Waals surface area contributed by atoms with Gasteiger partial charge in [-0.15, -0.1) is 0 Å². The number of hydrogen-bond acceptors (Lipinski definition) is 0. The summed E-state index contributed by atoms with van der Waals surface area (Å²) in [4.78, 5) is 0. The predicted octanol–water partition coefficient (Wildman–Crippen LogP) is -12.0. The van der Waals surface area contributed by atoms with Crippen molar-refractivity contribution < 1.29 is 112 Å². The SMILES string of the molecule is O.O.O.O.O.O.O.O.O.O.O.O.[Br][Ir-].[Na+]. The zero-order valence-corrected chi connectivity index (χ0v) is 13.7. The third-order valence-corrected chi connectivity index (χ3v) is 0. The molecular formula is H24BrIrNaO12. The minimum Gasteiger partial charge on any atom is 1.00 e. The van der Waals surface area contributed by atoms with Crippen molar-refractivity contribution in [3.8, 4) is 0 Å². The fourth-order valence-corrected chi connectivity index (χ4v) is 0. The molecule has 0 rings (SSSR count). The van der Waals surface area contributed by atoms with Crippen molar-refractivity contribution in [1.29, 1.82) is 0 Å². The van der Waals surface area contributed by atoms with Crippen LogP contribution in [0.5, 0.6) is 0 Å². The second-order valence-electron chi connectivity index (χ2n) is 0. The number of rotatable bonds is 0. The second-order valence-corrected chi connectivity index (χ2v) is 0. The van der Waals surface area contributed by atoms with Crippen LogP contribution in [0, 0.1) is 0 Å². The van der Waals surface area contributed by atoms with E-state index in [0.29, 0.717) is 0 Å². The Bertz CT molecular complexity index is 15.6. The molecule has 15 heteroatoms. The fourth-order valence-electron chi connectivity index (χ4n) is 0. The summed E-state index contributed by atoms with van der Waals surface area (Å²) in [5.74, 6) is 0. The molecule has 113 valence electrons. The van der Waals surface area contributed by atoms with Gasteiger partial charge in [0, 0.05) is 0 Å². The Morgan fingerprint density at radius 2 is 0.333 bits per heavy atom. The van der Waals surface area contributed by atoms with Gasteiger partial charge in [-0.2, -0.15) is 0 Å². The maximum atomic E-state index is 2.94. The van der Waals surface area contributed by atoms with Crippen molar-refractivity contribution in [3.63, 3.8) is 0 Å². The minimum atomic E-state index is 0. The van der Waals surface area contributed by atoms with Crippen LogP contribution in [0.25, 0.3) is 0 Å². The van der Waals surface area contributed by atoms with Crippen LogP contribution >= 0.6 is 13.5 Å². The van der Waals surface area contributed by atoms with E-state index < -0.39 is 0 Å². The minimum absolute atomic E-state index is 0. The molecule has 0 heterocycles. The Hall–Kier alpha value is 1.65. The summed E-state index contributed by atoms with van der Waals surface area (Å²) in [6, 6.07) is 0. The van der Waals surface area contributed by atoms with Gasteiger partial charge in [-0.1, -0.05) is 0 Å². The Labute approximate surface area is 125 Å². The predicted molar refractivity (Wildman–Crippen MR) is 52.3 cm³/mol. The molecule has 0 aliphatic heterocycles. The molecule has 0 aliphatic carbocycles. The molecule has 24 N–H and O–H groups in total. The maximum absolute atomic E-state index is 2.94. The van der Waals surface area contributed by atoms with Crippen molar-refractivity contribution >= 4 is 13.5 Å². The first-order valence-corrected chi connectivity index (χ1v) is 5.36. The van der Waals surface area contributed by atoms with Gasteiger partial charge in [-0.3, -0.25) is 0 Å². The normalized spacial score (nSPS) is 0.467. The summed E-state index contributed by atoms with van der Waals surface area (Å²) in [6.45, 7) is 0. The Morgan fingerprint density at radius 3 is 0.333 bits per heavy atom. The smallest absolute Gasteiger partial charge is 1.00 e. The molecule has 0 radical (unpaired) electrons. The molecule has 0 aliphatic rings. The van der Waals surface area contributed by atoms with Gasteiger partial charge in [0.2, 0.25) is 0 Å². The molecular weight excluding hydrogens is 487 g/mol. The molecule has 0 saturated carbocycles. The molecule has 0 saturated heterocycles. The Morgan fingerprint density at radius 1 is 0.333 bits per heavy atom. The molecule has 0 amide bonds. The summed E-state index contributed by atoms with van der Waals surface area (Å²) in [7, 11) is 0. The first-order chi connectivity index (χ1) is 1.00. The quantitative estimate of drug-likeness (QED) is 0.273. The average molecular weight is 511 g/mol. The van der Waals surface area contributed by atoms with Crippen LogP contribution in [0.1, 0.15) is 0 Å². The van der Waals surface area contributed by atoms with Crippen LogP contribution in [0.15, 0.2) is 0 Å². The summed E-state index contributed by atoms with van der Waals surface area (Å²) in [5.41, 5.74) is 0.